The molecule has 0 radical (unpaired) electrons. The lowest BCUT2D eigenvalue weighted by molar-refractivity contribution is 0.268. The van der Waals surface area contributed by atoms with Crippen molar-refractivity contribution in [2.75, 3.05) is 0 Å². The molecule has 0 aromatic carbocycles. The van der Waals surface area contributed by atoms with Crippen LogP contribution >= 0.6 is 0 Å². The summed E-state index contributed by atoms with van der Waals surface area (Å²) in [6, 6.07) is 0. The van der Waals surface area contributed by atoms with Crippen LogP contribution in [-0.2, 0) is 0 Å². The first kappa shape index (κ1) is 19.0. The Morgan fingerprint density at radius 1 is 0.737 bits per heavy atom. The van der Waals surface area contributed by atoms with Gasteiger partial charge in [-0.1, -0.05) is 91.9 Å². The van der Waals surface area contributed by atoms with E-state index in [-0.39, 0.29) is 5.54 Å². The van der Waals surface area contributed by atoms with Gasteiger partial charge in [0.15, 0.2) is 0 Å². The molecule has 1 nitrogen and oxygen atoms in total. The lowest BCUT2D eigenvalue weighted by Gasteiger charge is -2.32. The molecule has 0 saturated heterocycles. The fraction of sp³-hybridized carbons (Fsp3) is 1.00. The summed E-state index contributed by atoms with van der Waals surface area (Å²) in [5.41, 5.74) is 6.53. The van der Waals surface area contributed by atoms with Crippen molar-refractivity contribution < 1.29 is 0 Å². The maximum Gasteiger partial charge on any atom is 0.0174 e. The Balaban J connectivity index is 3.35. The van der Waals surface area contributed by atoms with E-state index in [0.717, 1.165) is 6.42 Å². The Morgan fingerprint density at radius 2 is 1.16 bits per heavy atom. The van der Waals surface area contributed by atoms with Crippen molar-refractivity contribution in [3.8, 4) is 0 Å². The number of rotatable bonds is 13. The predicted octanol–water partition coefficient (Wildman–Crippen LogP) is 6.06. The second-order valence-corrected chi connectivity index (χ2v) is 6.67. The van der Waals surface area contributed by atoms with Crippen molar-refractivity contribution in [1.82, 2.24) is 0 Å². The van der Waals surface area contributed by atoms with Gasteiger partial charge in [0.1, 0.15) is 0 Å². The maximum atomic E-state index is 6.45. The Labute approximate surface area is 122 Å². The van der Waals surface area contributed by atoms with E-state index in [1.807, 2.05) is 0 Å². The van der Waals surface area contributed by atoms with E-state index >= 15 is 0 Å². The van der Waals surface area contributed by atoms with Crippen LogP contribution in [0.4, 0.5) is 0 Å². The van der Waals surface area contributed by atoms with Crippen LogP contribution in [0.25, 0.3) is 0 Å². The minimum absolute atomic E-state index is 0.0835. The zero-order chi connectivity index (χ0) is 14.6. The van der Waals surface area contributed by atoms with Crippen LogP contribution in [0.1, 0.15) is 105 Å². The van der Waals surface area contributed by atoms with E-state index < -0.39 is 0 Å². The van der Waals surface area contributed by atoms with Gasteiger partial charge < -0.3 is 5.73 Å². The number of nitrogens with two attached hydrogens (primary N) is 1. The topological polar surface area (TPSA) is 26.0 Å². The molecule has 0 aliphatic carbocycles. The summed E-state index contributed by atoms with van der Waals surface area (Å²) in [6.45, 7) is 9.04. The molecule has 0 saturated carbocycles. The molecule has 0 bridgehead atoms. The first-order chi connectivity index (χ1) is 9.06. The van der Waals surface area contributed by atoms with Gasteiger partial charge in [-0.15, -0.1) is 0 Å². The van der Waals surface area contributed by atoms with Crippen LogP contribution < -0.4 is 5.73 Å². The van der Waals surface area contributed by atoms with Gasteiger partial charge in [0.05, 0.1) is 0 Å². The highest BCUT2D eigenvalue weighted by molar-refractivity contribution is 4.85. The fourth-order valence-electron chi connectivity index (χ4n) is 2.82. The van der Waals surface area contributed by atoms with Gasteiger partial charge >= 0.3 is 0 Å². The molecule has 0 spiro atoms. The molecule has 1 unspecified atom stereocenters. The molecule has 116 valence electrons. The second kappa shape index (κ2) is 11.8. The van der Waals surface area contributed by atoms with Crippen LogP contribution in [0.15, 0.2) is 0 Å². The Morgan fingerprint density at radius 3 is 1.53 bits per heavy atom. The molecule has 0 rings (SSSR count). The normalized spacial score (nSPS) is 14.8. The lowest BCUT2D eigenvalue weighted by atomic mass is 9.80. The Hall–Kier alpha value is -0.0400. The lowest BCUT2D eigenvalue weighted by Crippen LogP contribution is -2.44. The predicted molar refractivity (Wildman–Crippen MR) is 88.5 cm³/mol. The highest BCUT2D eigenvalue weighted by Gasteiger charge is 2.25. The van der Waals surface area contributed by atoms with Crippen LogP contribution in [0, 0.1) is 5.92 Å². The van der Waals surface area contributed by atoms with Crippen molar-refractivity contribution in [3.63, 3.8) is 0 Å². The molecule has 2 N–H and O–H groups in total. The summed E-state index contributed by atoms with van der Waals surface area (Å²) >= 11 is 0. The molecular weight excluding hydrogens is 230 g/mol. The van der Waals surface area contributed by atoms with Gasteiger partial charge in [-0.3, -0.25) is 0 Å². The van der Waals surface area contributed by atoms with E-state index in [2.05, 4.69) is 27.7 Å². The van der Waals surface area contributed by atoms with Crippen LogP contribution in [0.3, 0.4) is 0 Å². The van der Waals surface area contributed by atoms with Crippen LogP contribution in [-0.4, -0.2) is 5.54 Å². The Kier molecular flexibility index (Phi) is 11.7. The zero-order valence-corrected chi connectivity index (χ0v) is 14.1. The summed E-state index contributed by atoms with van der Waals surface area (Å²) in [5.74, 6) is 0.607. The largest absolute Gasteiger partial charge is 0.325 e. The van der Waals surface area contributed by atoms with E-state index in [4.69, 9.17) is 5.73 Å². The summed E-state index contributed by atoms with van der Waals surface area (Å²) in [6.07, 6.45) is 16.4. The third-order valence-electron chi connectivity index (χ3n) is 4.80. The summed E-state index contributed by atoms with van der Waals surface area (Å²) in [5, 5.41) is 0. The SMILES string of the molecule is CCCCCCCCCCCCC(N)(CC)C(C)C. The number of hydrogen-bond donors (Lipinski definition) is 1. The molecule has 0 amide bonds. The van der Waals surface area contributed by atoms with E-state index in [1.165, 1.54) is 70.6 Å². The van der Waals surface area contributed by atoms with Crippen molar-refractivity contribution in [2.24, 2.45) is 11.7 Å². The van der Waals surface area contributed by atoms with Crippen molar-refractivity contribution in [2.45, 2.75) is 110 Å². The van der Waals surface area contributed by atoms with Gasteiger partial charge in [0, 0.05) is 5.54 Å². The Bertz CT molecular complexity index is 188. The first-order valence-electron chi connectivity index (χ1n) is 8.85. The number of hydrogen-bond acceptors (Lipinski definition) is 1. The number of unbranched alkanes of at least 4 members (excludes halogenated alkanes) is 9. The van der Waals surface area contributed by atoms with E-state index in [1.54, 1.807) is 0 Å². The molecule has 0 aromatic rings. The molecule has 1 atom stereocenters. The first-order valence-corrected chi connectivity index (χ1v) is 8.85. The molecular formula is C18H39N. The molecule has 19 heavy (non-hydrogen) atoms. The van der Waals surface area contributed by atoms with Gasteiger partial charge in [0.25, 0.3) is 0 Å². The zero-order valence-electron chi connectivity index (χ0n) is 14.1. The van der Waals surface area contributed by atoms with Crippen molar-refractivity contribution in [3.05, 3.63) is 0 Å². The van der Waals surface area contributed by atoms with Crippen molar-refractivity contribution in [1.29, 1.82) is 0 Å². The van der Waals surface area contributed by atoms with E-state index in [0.29, 0.717) is 5.92 Å². The average Bonchev–Trinajstić information content (AvgIpc) is 2.40. The minimum atomic E-state index is 0.0835. The van der Waals surface area contributed by atoms with Gasteiger partial charge in [-0.05, 0) is 18.8 Å². The molecule has 0 aromatic heterocycles. The van der Waals surface area contributed by atoms with Crippen LogP contribution in [0.2, 0.25) is 0 Å². The third kappa shape index (κ3) is 9.49. The monoisotopic (exact) mass is 269 g/mol. The second-order valence-electron chi connectivity index (χ2n) is 6.67. The molecule has 0 fully saturated rings. The highest BCUT2D eigenvalue weighted by atomic mass is 14.7. The maximum absolute atomic E-state index is 6.45. The van der Waals surface area contributed by atoms with Gasteiger partial charge in [-0.25, -0.2) is 0 Å². The van der Waals surface area contributed by atoms with Gasteiger partial charge in [-0.2, -0.15) is 0 Å². The van der Waals surface area contributed by atoms with Gasteiger partial charge in [0.2, 0.25) is 0 Å². The summed E-state index contributed by atoms with van der Waals surface area (Å²) in [4.78, 5) is 0. The summed E-state index contributed by atoms with van der Waals surface area (Å²) in [7, 11) is 0. The molecule has 0 aliphatic heterocycles. The van der Waals surface area contributed by atoms with Crippen molar-refractivity contribution >= 4 is 0 Å². The smallest absolute Gasteiger partial charge is 0.0174 e. The summed E-state index contributed by atoms with van der Waals surface area (Å²) < 4.78 is 0. The highest BCUT2D eigenvalue weighted by Crippen LogP contribution is 2.25. The molecule has 1 heteroatoms. The molecule has 0 heterocycles. The molecule has 0 aliphatic rings. The third-order valence-corrected chi connectivity index (χ3v) is 4.80. The van der Waals surface area contributed by atoms with Crippen LogP contribution in [0.5, 0.6) is 0 Å². The van der Waals surface area contributed by atoms with E-state index in [9.17, 15) is 0 Å². The average molecular weight is 270 g/mol. The fourth-order valence-corrected chi connectivity index (χ4v) is 2.82. The standard InChI is InChI=1S/C18H39N/c1-5-7-8-9-10-11-12-13-14-15-16-18(19,6-2)17(3)4/h17H,5-16,19H2,1-4H3. The minimum Gasteiger partial charge on any atom is -0.325 e. The quantitative estimate of drug-likeness (QED) is 0.404.